The van der Waals surface area contributed by atoms with Gasteiger partial charge in [0.15, 0.2) is 11.6 Å². The lowest BCUT2D eigenvalue weighted by molar-refractivity contribution is -0.383. The Morgan fingerprint density at radius 2 is 1.15 bits per heavy atom. The maximum atomic E-state index is 12.8. The van der Waals surface area contributed by atoms with Gasteiger partial charge in [-0.25, -0.2) is 19.9 Å². The molecule has 0 aromatic carbocycles. The number of nitrogens with zero attached hydrogens (tertiary/aromatic N) is 5. The molecule has 3 aromatic rings. The van der Waals surface area contributed by atoms with Crippen LogP contribution in [0.2, 0.25) is 10.0 Å². The Bertz CT molecular complexity index is 1140. The van der Waals surface area contributed by atoms with Crippen molar-refractivity contribution in [2.45, 2.75) is 12.4 Å². The van der Waals surface area contributed by atoms with Gasteiger partial charge in [-0.2, -0.15) is 26.3 Å². The molecule has 0 fully saturated rings. The Morgan fingerprint density at radius 1 is 0.758 bits per heavy atom. The van der Waals surface area contributed by atoms with Gasteiger partial charge in [0, 0.05) is 12.4 Å². The molecule has 0 bridgehead atoms. The Kier molecular flexibility index (Phi) is 6.46. The highest BCUT2D eigenvalue weighted by atomic mass is 35.5. The number of hydrogen-bond donors (Lipinski definition) is 2. The molecular formula is C16H7Cl2F6N7O2. The van der Waals surface area contributed by atoms with E-state index in [1.807, 2.05) is 0 Å². The van der Waals surface area contributed by atoms with Crippen LogP contribution in [0.4, 0.5) is 55.3 Å². The standard InChI is InChI=1S/C16H7Cl2F6N7O2/c17-8-1-6(15(19,20)21)3-25-11(8)29-13-10(31(32)33)14(28-5-27-13)30-12-9(18)2-7(4-26-12)16(22,23)24/h1-5H,(H2,25,26,27,28,29,30). The average molecular weight is 514 g/mol. The van der Waals surface area contributed by atoms with Crippen molar-refractivity contribution in [1.82, 2.24) is 19.9 Å². The van der Waals surface area contributed by atoms with Gasteiger partial charge in [0.2, 0.25) is 11.6 Å². The minimum Gasteiger partial charge on any atom is -0.318 e. The quantitative estimate of drug-likeness (QED) is 0.242. The summed E-state index contributed by atoms with van der Waals surface area (Å²) < 4.78 is 76.6. The molecule has 0 saturated carbocycles. The summed E-state index contributed by atoms with van der Waals surface area (Å²) in [6, 6.07) is 1.10. The lowest BCUT2D eigenvalue weighted by atomic mass is 10.2. The van der Waals surface area contributed by atoms with Crippen molar-refractivity contribution in [2.75, 3.05) is 10.6 Å². The predicted octanol–water partition coefficient (Wildman–Crippen LogP) is 6.01. The molecule has 0 saturated heterocycles. The molecule has 3 rings (SSSR count). The van der Waals surface area contributed by atoms with Crippen LogP contribution < -0.4 is 10.6 Å². The SMILES string of the molecule is O=[N+]([O-])c1c(Nc2ncc(C(F)(F)F)cc2Cl)ncnc1Nc1ncc(C(F)(F)F)cc1Cl. The zero-order chi connectivity index (χ0) is 24.6. The summed E-state index contributed by atoms with van der Waals surface area (Å²) in [6.07, 6.45) is -7.71. The molecule has 0 spiro atoms. The van der Waals surface area contributed by atoms with Crippen LogP contribution in [0.5, 0.6) is 0 Å². The van der Waals surface area contributed by atoms with Gasteiger partial charge >= 0.3 is 18.0 Å². The third-order valence-corrected chi connectivity index (χ3v) is 4.39. The largest absolute Gasteiger partial charge is 0.417 e. The first-order valence-corrected chi connectivity index (χ1v) is 9.02. The van der Waals surface area contributed by atoms with E-state index in [4.69, 9.17) is 23.2 Å². The number of pyridine rings is 2. The molecule has 0 amide bonds. The first-order valence-electron chi connectivity index (χ1n) is 8.26. The number of nitrogens with one attached hydrogen (secondary N) is 2. The van der Waals surface area contributed by atoms with Crippen molar-refractivity contribution >= 4 is 52.2 Å². The molecule has 174 valence electrons. The summed E-state index contributed by atoms with van der Waals surface area (Å²) >= 11 is 11.6. The summed E-state index contributed by atoms with van der Waals surface area (Å²) in [6.45, 7) is 0. The normalized spacial score (nSPS) is 11.9. The molecule has 9 nitrogen and oxygen atoms in total. The van der Waals surface area contributed by atoms with Crippen LogP contribution in [0.1, 0.15) is 11.1 Å². The minimum absolute atomic E-state index is 0.386. The lowest BCUT2D eigenvalue weighted by Gasteiger charge is -2.13. The number of aromatic nitrogens is 4. The number of anilines is 4. The Labute approximate surface area is 189 Å². The van der Waals surface area contributed by atoms with E-state index in [0.29, 0.717) is 24.5 Å². The van der Waals surface area contributed by atoms with Crippen molar-refractivity contribution in [3.05, 3.63) is 62.1 Å². The summed E-state index contributed by atoms with van der Waals surface area (Å²) in [7, 11) is 0. The van der Waals surface area contributed by atoms with Gasteiger partial charge in [-0.3, -0.25) is 10.1 Å². The highest BCUT2D eigenvalue weighted by Crippen LogP contribution is 2.38. The first kappa shape index (κ1) is 24.2. The molecule has 0 aliphatic heterocycles. The van der Waals surface area contributed by atoms with Gasteiger partial charge < -0.3 is 10.6 Å². The smallest absolute Gasteiger partial charge is 0.318 e. The second-order valence-corrected chi connectivity index (χ2v) is 6.85. The Hall–Kier alpha value is -3.46. The van der Waals surface area contributed by atoms with E-state index < -0.39 is 55.8 Å². The van der Waals surface area contributed by atoms with Crippen LogP contribution in [0.15, 0.2) is 30.9 Å². The fourth-order valence-corrected chi connectivity index (χ4v) is 2.76. The van der Waals surface area contributed by atoms with Crippen LogP contribution in [-0.4, -0.2) is 24.9 Å². The Morgan fingerprint density at radius 3 is 1.45 bits per heavy atom. The van der Waals surface area contributed by atoms with E-state index >= 15 is 0 Å². The summed E-state index contributed by atoms with van der Waals surface area (Å²) in [5.41, 5.74) is -3.14. The van der Waals surface area contributed by atoms with Gasteiger partial charge in [-0.05, 0) is 12.1 Å². The van der Waals surface area contributed by atoms with Gasteiger partial charge in [0.1, 0.15) is 6.33 Å². The molecular weight excluding hydrogens is 507 g/mol. The maximum Gasteiger partial charge on any atom is 0.417 e. The molecule has 0 radical (unpaired) electrons. The molecule has 2 N–H and O–H groups in total. The van der Waals surface area contributed by atoms with Crippen molar-refractivity contribution < 1.29 is 31.3 Å². The molecule has 33 heavy (non-hydrogen) atoms. The Balaban J connectivity index is 1.97. The summed E-state index contributed by atoms with van der Waals surface area (Å²) in [4.78, 5) is 24.9. The van der Waals surface area contributed by atoms with E-state index in [2.05, 4.69) is 30.6 Å². The van der Waals surface area contributed by atoms with Crippen LogP contribution in [0, 0.1) is 10.1 Å². The highest BCUT2D eigenvalue weighted by molar-refractivity contribution is 6.33. The van der Waals surface area contributed by atoms with Crippen molar-refractivity contribution in [3.63, 3.8) is 0 Å². The second kappa shape index (κ2) is 8.82. The molecule has 3 heterocycles. The van der Waals surface area contributed by atoms with Gasteiger partial charge in [0.05, 0.1) is 26.1 Å². The monoisotopic (exact) mass is 513 g/mol. The topological polar surface area (TPSA) is 119 Å². The van der Waals surface area contributed by atoms with E-state index in [1.54, 1.807) is 0 Å². The fraction of sp³-hybridized carbons (Fsp3) is 0.125. The van der Waals surface area contributed by atoms with Crippen LogP contribution in [0.3, 0.4) is 0 Å². The zero-order valence-electron chi connectivity index (χ0n) is 15.5. The summed E-state index contributed by atoms with van der Waals surface area (Å²) in [5, 5.41) is 15.2. The molecule has 0 aliphatic carbocycles. The van der Waals surface area contributed by atoms with E-state index in [9.17, 15) is 36.5 Å². The van der Waals surface area contributed by atoms with Crippen molar-refractivity contribution in [1.29, 1.82) is 0 Å². The second-order valence-electron chi connectivity index (χ2n) is 6.03. The number of halogens is 8. The molecule has 0 atom stereocenters. The van der Waals surface area contributed by atoms with E-state index in [0.717, 1.165) is 6.33 Å². The van der Waals surface area contributed by atoms with Crippen LogP contribution in [-0.2, 0) is 12.4 Å². The average Bonchev–Trinajstić information content (AvgIpc) is 2.69. The predicted molar refractivity (Wildman–Crippen MR) is 104 cm³/mol. The van der Waals surface area contributed by atoms with Crippen molar-refractivity contribution in [3.8, 4) is 0 Å². The number of hydrogen-bond acceptors (Lipinski definition) is 8. The summed E-state index contributed by atoms with van der Waals surface area (Å²) in [5.74, 6) is -1.84. The van der Waals surface area contributed by atoms with Crippen molar-refractivity contribution in [2.24, 2.45) is 0 Å². The number of rotatable bonds is 5. The minimum atomic E-state index is -4.72. The first-order chi connectivity index (χ1) is 15.3. The van der Waals surface area contributed by atoms with Crippen LogP contribution >= 0.6 is 23.2 Å². The van der Waals surface area contributed by atoms with Gasteiger partial charge in [0.25, 0.3) is 0 Å². The third kappa shape index (κ3) is 5.48. The molecule has 3 aromatic heterocycles. The third-order valence-electron chi connectivity index (χ3n) is 3.82. The fourth-order valence-electron chi connectivity index (χ4n) is 2.33. The van der Waals surface area contributed by atoms with Crippen LogP contribution in [0.25, 0.3) is 0 Å². The highest BCUT2D eigenvalue weighted by Gasteiger charge is 2.33. The lowest BCUT2D eigenvalue weighted by Crippen LogP contribution is -2.09. The number of alkyl halides is 6. The van der Waals surface area contributed by atoms with Gasteiger partial charge in [-0.15, -0.1) is 0 Å². The molecule has 0 aliphatic rings. The van der Waals surface area contributed by atoms with E-state index in [-0.39, 0.29) is 11.6 Å². The maximum absolute atomic E-state index is 12.8. The number of nitro groups is 1. The van der Waals surface area contributed by atoms with E-state index in [1.165, 1.54) is 0 Å². The molecule has 0 unspecified atom stereocenters. The zero-order valence-corrected chi connectivity index (χ0v) is 17.0. The van der Waals surface area contributed by atoms with Gasteiger partial charge in [-0.1, -0.05) is 23.2 Å². The molecule has 17 heteroatoms.